The van der Waals surface area contributed by atoms with Gasteiger partial charge in [0.15, 0.2) is 0 Å². The summed E-state index contributed by atoms with van der Waals surface area (Å²) in [5, 5.41) is 3.19. The van der Waals surface area contributed by atoms with Crippen LogP contribution in [0.1, 0.15) is 39.3 Å². The molecule has 1 heterocycles. The Hall–Kier alpha value is -1.16. The zero-order valence-corrected chi connectivity index (χ0v) is 11.1. The molecule has 0 unspecified atom stereocenters. The van der Waals surface area contributed by atoms with Crippen molar-refractivity contribution in [2.45, 2.75) is 40.2 Å². The van der Waals surface area contributed by atoms with Crippen molar-refractivity contribution >= 4 is 5.82 Å². The minimum atomic E-state index is 0.549. The maximum Gasteiger partial charge on any atom is 0.144 e. The molecule has 0 amide bonds. The van der Waals surface area contributed by atoms with Crippen LogP contribution in [0, 0.1) is 5.92 Å². The predicted molar refractivity (Wildman–Crippen MR) is 69.9 cm³/mol. The van der Waals surface area contributed by atoms with Crippen LogP contribution < -0.4 is 5.32 Å². The van der Waals surface area contributed by atoms with Crippen molar-refractivity contribution in [1.29, 1.82) is 0 Å². The molecule has 0 aliphatic rings. The van der Waals surface area contributed by atoms with Crippen LogP contribution in [0.5, 0.6) is 0 Å². The molecule has 0 atom stereocenters. The van der Waals surface area contributed by atoms with E-state index < -0.39 is 0 Å². The van der Waals surface area contributed by atoms with Crippen molar-refractivity contribution < 1.29 is 4.74 Å². The summed E-state index contributed by atoms with van der Waals surface area (Å²) in [4.78, 5) is 8.57. The third kappa shape index (κ3) is 6.22. The maximum atomic E-state index is 5.53. The molecule has 0 aliphatic carbocycles. The van der Waals surface area contributed by atoms with E-state index >= 15 is 0 Å². The number of nitrogens with one attached hydrogen (secondary N) is 1. The fourth-order valence-electron chi connectivity index (χ4n) is 1.27. The molecule has 0 aliphatic heterocycles. The molecular weight excluding hydrogens is 214 g/mol. The van der Waals surface area contributed by atoms with Crippen LogP contribution >= 0.6 is 0 Å². The van der Waals surface area contributed by atoms with Crippen LogP contribution in [0.25, 0.3) is 0 Å². The van der Waals surface area contributed by atoms with Crippen molar-refractivity contribution in [2.24, 2.45) is 5.92 Å². The molecule has 0 radical (unpaired) electrons. The minimum absolute atomic E-state index is 0.549. The normalized spacial score (nSPS) is 10.8. The fourth-order valence-corrected chi connectivity index (χ4v) is 1.27. The Kier molecular flexibility index (Phi) is 6.55. The maximum absolute atomic E-state index is 5.53. The number of rotatable bonds is 8. The molecule has 4 heteroatoms. The van der Waals surface area contributed by atoms with Crippen LogP contribution in [-0.2, 0) is 11.3 Å². The average Bonchev–Trinajstić information content (AvgIpc) is 2.33. The molecule has 1 aromatic rings. The van der Waals surface area contributed by atoms with E-state index in [4.69, 9.17) is 4.74 Å². The van der Waals surface area contributed by atoms with Gasteiger partial charge in [-0.15, -0.1) is 0 Å². The summed E-state index contributed by atoms with van der Waals surface area (Å²) in [6, 6.07) is 0. The summed E-state index contributed by atoms with van der Waals surface area (Å²) in [6.45, 7) is 8.77. The van der Waals surface area contributed by atoms with Gasteiger partial charge in [-0.3, -0.25) is 4.98 Å². The number of aromatic nitrogens is 2. The van der Waals surface area contributed by atoms with Gasteiger partial charge in [0.25, 0.3) is 0 Å². The van der Waals surface area contributed by atoms with E-state index in [0.29, 0.717) is 12.5 Å². The second-order valence-corrected chi connectivity index (χ2v) is 4.55. The molecular formula is C13H23N3O. The van der Waals surface area contributed by atoms with Crippen molar-refractivity contribution in [1.82, 2.24) is 9.97 Å². The topological polar surface area (TPSA) is 47.0 Å². The Morgan fingerprint density at radius 1 is 1.29 bits per heavy atom. The summed E-state index contributed by atoms with van der Waals surface area (Å²) >= 11 is 0. The quantitative estimate of drug-likeness (QED) is 0.706. The highest BCUT2D eigenvalue weighted by atomic mass is 16.5. The van der Waals surface area contributed by atoms with Gasteiger partial charge >= 0.3 is 0 Å². The third-order valence-electron chi connectivity index (χ3n) is 2.35. The zero-order chi connectivity index (χ0) is 12.5. The highest BCUT2D eigenvalue weighted by Gasteiger charge is 1.98. The molecule has 0 fully saturated rings. The molecule has 17 heavy (non-hydrogen) atoms. The lowest BCUT2D eigenvalue weighted by atomic mass is 10.1. The van der Waals surface area contributed by atoms with Gasteiger partial charge in [0, 0.05) is 13.2 Å². The number of hydrogen-bond acceptors (Lipinski definition) is 4. The van der Waals surface area contributed by atoms with E-state index in [0.717, 1.165) is 37.5 Å². The third-order valence-corrected chi connectivity index (χ3v) is 2.35. The van der Waals surface area contributed by atoms with Crippen LogP contribution in [0.15, 0.2) is 12.4 Å². The first-order chi connectivity index (χ1) is 8.22. The average molecular weight is 237 g/mol. The SMILES string of the molecule is CCCNc1cnc(COCCC(C)C)cn1. The van der Waals surface area contributed by atoms with Gasteiger partial charge in [-0.1, -0.05) is 20.8 Å². The van der Waals surface area contributed by atoms with Gasteiger partial charge in [-0.25, -0.2) is 4.98 Å². The Morgan fingerprint density at radius 2 is 2.12 bits per heavy atom. The molecule has 0 saturated heterocycles. The van der Waals surface area contributed by atoms with E-state index in [2.05, 4.69) is 36.1 Å². The van der Waals surface area contributed by atoms with E-state index in [9.17, 15) is 0 Å². The smallest absolute Gasteiger partial charge is 0.144 e. The van der Waals surface area contributed by atoms with Crippen LogP contribution in [0.3, 0.4) is 0 Å². The Labute approximate surface area is 104 Å². The Bertz CT molecular complexity index is 298. The summed E-state index contributed by atoms with van der Waals surface area (Å²) in [5.41, 5.74) is 0.885. The van der Waals surface area contributed by atoms with Crippen LogP contribution in [0.2, 0.25) is 0 Å². The fraction of sp³-hybridized carbons (Fsp3) is 0.692. The Morgan fingerprint density at radius 3 is 2.71 bits per heavy atom. The lowest BCUT2D eigenvalue weighted by Gasteiger charge is -2.07. The predicted octanol–water partition coefficient (Wildman–Crippen LogP) is 2.86. The lowest BCUT2D eigenvalue weighted by molar-refractivity contribution is 0.108. The van der Waals surface area contributed by atoms with E-state index in [-0.39, 0.29) is 0 Å². The van der Waals surface area contributed by atoms with Crippen LogP contribution in [0.4, 0.5) is 5.82 Å². The standard InChI is InChI=1S/C13H23N3O/c1-4-6-14-13-9-15-12(8-16-13)10-17-7-5-11(2)3/h8-9,11H,4-7,10H2,1-3H3,(H,14,16). The second-order valence-electron chi connectivity index (χ2n) is 4.55. The minimum Gasteiger partial charge on any atom is -0.375 e. The first kappa shape index (κ1) is 13.9. The number of nitrogens with zero attached hydrogens (tertiary/aromatic N) is 2. The molecule has 0 bridgehead atoms. The first-order valence-corrected chi connectivity index (χ1v) is 6.35. The van der Waals surface area contributed by atoms with Crippen molar-refractivity contribution in [3.8, 4) is 0 Å². The second kappa shape index (κ2) is 8.01. The van der Waals surface area contributed by atoms with Gasteiger partial charge in [0.2, 0.25) is 0 Å². The van der Waals surface area contributed by atoms with E-state index in [1.54, 1.807) is 12.4 Å². The summed E-state index contributed by atoms with van der Waals surface area (Å²) in [7, 11) is 0. The molecule has 4 nitrogen and oxygen atoms in total. The summed E-state index contributed by atoms with van der Waals surface area (Å²) in [5.74, 6) is 1.51. The molecule has 0 aromatic carbocycles. The highest BCUT2D eigenvalue weighted by molar-refractivity contribution is 5.30. The van der Waals surface area contributed by atoms with Crippen molar-refractivity contribution in [2.75, 3.05) is 18.5 Å². The van der Waals surface area contributed by atoms with Crippen LogP contribution in [-0.4, -0.2) is 23.1 Å². The number of anilines is 1. The van der Waals surface area contributed by atoms with Gasteiger partial charge in [0.05, 0.1) is 24.7 Å². The zero-order valence-electron chi connectivity index (χ0n) is 11.1. The number of ether oxygens (including phenoxy) is 1. The monoisotopic (exact) mass is 237 g/mol. The summed E-state index contributed by atoms with van der Waals surface area (Å²) in [6.07, 6.45) is 5.70. The lowest BCUT2D eigenvalue weighted by Crippen LogP contribution is -2.04. The molecule has 1 N–H and O–H groups in total. The van der Waals surface area contributed by atoms with Gasteiger partial charge in [-0.05, 0) is 18.8 Å². The van der Waals surface area contributed by atoms with Gasteiger partial charge in [-0.2, -0.15) is 0 Å². The molecule has 0 spiro atoms. The largest absolute Gasteiger partial charge is 0.375 e. The van der Waals surface area contributed by atoms with Crippen molar-refractivity contribution in [3.63, 3.8) is 0 Å². The van der Waals surface area contributed by atoms with E-state index in [1.165, 1.54) is 0 Å². The Balaban J connectivity index is 2.25. The van der Waals surface area contributed by atoms with Gasteiger partial charge < -0.3 is 10.1 Å². The molecule has 96 valence electrons. The highest BCUT2D eigenvalue weighted by Crippen LogP contribution is 2.04. The van der Waals surface area contributed by atoms with Gasteiger partial charge in [0.1, 0.15) is 5.82 Å². The summed E-state index contributed by atoms with van der Waals surface area (Å²) < 4.78 is 5.53. The molecule has 0 saturated carbocycles. The van der Waals surface area contributed by atoms with E-state index in [1.807, 2.05) is 0 Å². The number of hydrogen-bond donors (Lipinski definition) is 1. The first-order valence-electron chi connectivity index (χ1n) is 6.35. The molecule has 1 rings (SSSR count). The molecule has 1 aromatic heterocycles. The van der Waals surface area contributed by atoms with Crippen molar-refractivity contribution in [3.05, 3.63) is 18.1 Å².